The van der Waals surface area contributed by atoms with E-state index in [2.05, 4.69) is 141 Å². The molecular formula is C69H62ClN5O6. The minimum atomic E-state index is -1.21. The van der Waals surface area contributed by atoms with Crippen LogP contribution in [0.15, 0.2) is 260 Å². The number of carbonyl (C=O) groups excluding carboxylic acids is 2. The summed E-state index contributed by atoms with van der Waals surface area (Å²) in [5.41, 5.74) is 11.5. The van der Waals surface area contributed by atoms with Crippen LogP contribution in [0.4, 0.5) is 11.4 Å². The lowest BCUT2D eigenvalue weighted by Crippen LogP contribution is -2.22. The monoisotopic (exact) mass is 1090 g/mol. The Kier molecular flexibility index (Phi) is 27.4. The average molecular weight is 1090 g/mol. The van der Waals surface area contributed by atoms with Crippen molar-refractivity contribution >= 4 is 53.6 Å². The van der Waals surface area contributed by atoms with E-state index in [1.807, 2.05) is 109 Å². The van der Waals surface area contributed by atoms with Crippen molar-refractivity contribution in [1.29, 1.82) is 5.26 Å². The number of rotatable bonds is 19. The number of carbonyl (C=O) groups is 4. The molecule has 406 valence electrons. The van der Waals surface area contributed by atoms with Crippen molar-refractivity contribution in [2.45, 2.75) is 45.7 Å². The Hall–Kier alpha value is -10.2. The lowest BCUT2D eigenvalue weighted by Gasteiger charge is -2.25. The summed E-state index contributed by atoms with van der Waals surface area (Å²) in [7, 11) is 0. The molecule has 0 aliphatic carbocycles. The maximum absolute atomic E-state index is 11.0. The van der Waals surface area contributed by atoms with E-state index in [0.29, 0.717) is 21.7 Å². The van der Waals surface area contributed by atoms with Gasteiger partial charge in [0.1, 0.15) is 19.0 Å². The third kappa shape index (κ3) is 24.4. The minimum Gasteiger partial charge on any atom is -0.486 e. The van der Waals surface area contributed by atoms with Gasteiger partial charge in [-0.3, -0.25) is 19.2 Å². The molecule has 12 heteroatoms. The Morgan fingerprint density at radius 1 is 0.469 bits per heavy atom. The topological polar surface area (TPSA) is 155 Å². The van der Waals surface area contributed by atoms with Gasteiger partial charge in [-0.1, -0.05) is 218 Å². The van der Waals surface area contributed by atoms with Gasteiger partial charge in [0.25, 0.3) is 5.70 Å². The van der Waals surface area contributed by atoms with Crippen molar-refractivity contribution in [3.05, 3.63) is 327 Å². The van der Waals surface area contributed by atoms with E-state index in [9.17, 15) is 19.2 Å². The van der Waals surface area contributed by atoms with Gasteiger partial charge in [0.15, 0.2) is 0 Å². The van der Waals surface area contributed by atoms with Crippen LogP contribution in [0.2, 0.25) is 5.02 Å². The van der Waals surface area contributed by atoms with Crippen molar-refractivity contribution < 1.29 is 29.4 Å². The fraction of sp³-hybridized carbons (Fsp3) is 0.101. The molecular weight excluding hydrogens is 1030 g/mol. The molecule has 9 aromatic carbocycles. The molecule has 11 nitrogen and oxygen atoms in total. The van der Waals surface area contributed by atoms with E-state index < -0.39 is 18.4 Å². The summed E-state index contributed by atoms with van der Waals surface area (Å²) < 4.78 is 0. The number of nitriles is 1. The summed E-state index contributed by atoms with van der Waals surface area (Å²) in [6.07, 6.45) is 2.65. The van der Waals surface area contributed by atoms with Crippen molar-refractivity contribution in [3.63, 3.8) is 0 Å². The Morgan fingerprint density at radius 2 is 0.765 bits per heavy atom. The first-order valence-corrected chi connectivity index (χ1v) is 26.1. The molecule has 0 aromatic heterocycles. The van der Waals surface area contributed by atoms with Gasteiger partial charge in [0.2, 0.25) is 0 Å². The van der Waals surface area contributed by atoms with Crippen molar-refractivity contribution in [3.8, 4) is 6.07 Å². The molecule has 0 aliphatic rings. The lowest BCUT2D eigenvalue weighted by molar-refractivity contribution is -0.136. The number of hydrogen-bond acceptors (Lipinski definition) is 8. The van der Waals surface area contributed by atoms with Gasteiger partial charge in [0.05, 0.1) is 12.6 Å². The first-order chi connectivity index (χ1) is 39.5. The number of carboxylic acids is 2. The van der Waals surface area contributed by atoms with Crippen LogP contribution in [-0.4, -0.2) is 34.7 Å². The molecule has 0 saturated heterocycles. The number of nitrogens with one attached hydrogen (secondary N) is 1. The summed E-state index contributed by atoms with van der Waals surface area (Å²) in [4.78, 5) is 49.0. The predicted octanol–water partition coefficient (Wildman–Crippen LogP) is 15.1. The Balaban J connectivity index is 0.000000203. The van der Waals surface area contributed by atoms with Crippen LogP contribution >= 0.6 is 11.6 Å². The van der Waals surface area contributed by atoms with E-state index >= 15 is 0 Å². The molecule has 81 heavy (non-hydrogen) atoms. The zero-order valence-corrected chi connectivity index (χ0v) is 45.4. The van der Waals surface area contributed by atoms with Gasteiger partial charge >= 0.3 is 11.9 Å². The summed E-state index contributed by atoms with van der Waals surface area (Å²) in [6.45, 7) is 12.0. The number of hydrogen-bond donors (Lipinski definition) is 3. The third-order valence-electron chi connectivity index (χ3n) is 11.7. The van der Waals surface area contributed by atoms with Gasteiger partial charge in [-0.15, -0.1) is 0 Å². The zero-order chi connectivity index (χ0) is 57.7. The lowest BCUT2D eigenvalue weighted by atomic mass is 10.1. The second-order valence-corrected chi connectivity index (χ2v) is 18.3. The molecule has 0 aliphatic heterocycles. The highest BCUT2D eigenvalue weighted by molar-refractivity contribution is 6.30. The molecule has 9 rings (SSSR count). The van der Waals surface area contributed by atoms with Crippen LogP contribution in [-0.2, 0) is 48.9 Å². The van der Waals surface area contributed by atoms with Crippen LogP contribution in [0.1, 0.15) is 66.1 Å². The van der Waals surface area contributed by atoms with E-state index in [1.54, 1.807) is 24.3 Å². The predicted molar refractivity (Wildman–Crippen MR) is 324 cm³/mol. The molecule has 0 spiro atoms. The Bertz CT molecular complexity index is 3240. The normalized spacial score (nSPS) is 10.0. The summed E-state index contributed by atoms with van der Waals surface area (Å²) in [6, 6.07) is 85.8. The van der Waals surface area contributed by atoms with Gasteiger partial charge in [-0.25, -0.2) is 4.85 Å². The third-order valence-corrected chi connectivity index (χ3v) is 12.0. The molecule has 0 atom stereocenters. The van der Waals surface area contributed by atoms with Crippen LogP contribution in [0.3, 0.4) is 0 Å². The number of anilines is 2. The summed E-state index contributed by atoms with van der Waals surface area (Å²) in [5.74, 6) is -2.29. The summed E-state index contributed by atoms with van der Waals surface area (Å²) in [5, 5.41) is 28.4. The summed E-state index contributed by atoms with van der Waals surface area (Å²) >= 11 is 5.55. The van der Waals surface area contributed by atoms with E-state index in [0.717, 1.165) is 63.2 Å². The maximum Gasteiger partial charge on any atom is 0.333 e. The number of benzene rings is 9. The second-order valence-electron chi connectivity index (χ2n) is 17.9. The van der Waals surface area contributed by atoms with Crippen LogP contribution in [0.25, 0.3) is 10.9 Å². The standard InChI is InChI=1S/C24H20N2O2.C21H19NO.C14H15N.C7H5ClO.C3H3NO2/c1-25-23(24(27)28)16-19-12-14-22(15-13-19)26(17-20-8-4-2-5-9-20)18-21-10-6-3-7-11-21;23-17-20-11-13-21(14-12-20)22(15-18-7-3-1-4-8-18)16-19-9-5-2-6-10-19;1-3-7-13(8-4-1)11-15-12-14-9-5-2-6-10-14;8-7-3-1-6(5-9)2-4-7;4-2-1-3(5)6/h2-16H,17-18H2,(H,27,28);1-14,17H,15-16H2;1-10,15H,11-12H2;1-5H;1H2,(H,5,6)/b23-16+;;;;. The first kappa shape index (κ1) is 61.7. The zero-order valence-electron chi connectivity index (χ0n) is 44.6. The quantitative estimate of drug-likeness (QED) is 0.0405. The Morgan fingerprint density at radius 3 is 1.02 bits per heavy atom. The van der Waals surface area contributed by atoms with E-state index in [4.69, 9.17) is 33.6 Å². The smallest absolute Gasteiger partial charge is 0.333 e. The van der Waals surface area contributed by atoms with Crippen LogP contribution in [0.5, 0.6) is 0 Å². The molecule has 0 saturated carbocycles. The van der Waals surface area contributed by atoms with Crippen LogP contribution < -0.4 is 15.1 Å². The van der Waals surface area contributed by atoms with Crippen molar-refractivity contribution in [2.75, 3.05) is 9.80 Å². The van der Waals surface area contributed by atoms with Gasteiger partial charge in [0, 0.05) is 66.8 Å². The second kappa shape index (κ2) is 36.0. The average Bonchev–Trinajstić information content (AvgIpc) is 3.55. The molecule has 3 N–H and O–H groups in total. The van der Waals surface area contributed by atoms with E-state index in [1.165, 1.54) is 45.5 Å². The van der Waals surface area contributed by atoms with E-state index in [-0.39, 0.29) is 5.70 Å². The number of carboxylic acid groups (broad SMARTS) is 2. The number of nitrogens with zero attached hydrogens (tertiary/aromatic N) is 4. The fourth-order valence-electron chi connectivity index (χ4n) is 7.69. The van der Waals surface area contributed by atoms with Crippen LogP contribution in [0, 0.1) is 17.9 Å². The molecule has 0 bridgehead atoms. The highest BCUT2D eigenvalue weighted by atomic mass is 35.5. The minimum absolute atomic E-state index is 0.293. The fourth-order valence-corrected chi connectivity index (χ4v) is 7.81. The molecule has 0 amide bonds. The first-order valence-electron chi connectivity index (χ1n) is 25.8. The largest absolute Gasteiger partial charge is 0.486 e. The SMILES string of the molecule is N#CCC(=O)O.O=Cc1ccc(Cl)cc1.O=Cc1ccc(N(Cc2ccccc2)Cc2ccccc2)cc1.[C-]#[N+]/C(=C/c1ccc(N(Cc2ccccc2)Cc2ccccc2)cc1)C(=O)O.c1ccc(CNCc2ccccc2)cc1. The van der Waals surface area contributed by atoms with Crippen molar-refractivity contribution in [1.82, 2.24) is 5.32 Å². The highest BCUT2D eigenvalue weighted by Gasteiger charge is 2.12. The van der Waals surface area contributed by atoms with Gasteiger partial charge in [-0.05, 0) is 93.6 Å². The highest BCUT2D eigenvalue weighted by Crippen LogP contribution is 2.23. The number of halogens is 1. The van der Waals surface area contributed by atoms with Crippen molar-refractivity contribution in [2.24, 2.45) is 0 Å². The van der Waals surface area contributed by atoms with Gasteiger partial charge < -0.3 is 25.3 Å². The molecule has 0 fully saturated rings. The maximum atomic E-state index is 11.0. The molecule has 0 radical (unpaired) electrons. The molecule has 0 unspecified atom stereocenters. The van der Waals surface area contributed by atoms with Gasteiger partial charge in [-0.2, -0.15) is 5.26 Å². The number of aldehydes is 2. The Labute approximate surface area is 479 Å². The number of aliphatic carboxylic acids is 2. The molecule has 9 aromatic rings. The molecule has 0 heterocycles.